The molecule has 0 bridgehead atoms. The van der Waals surface area contributed by atoms with Crippen LogP contribution < -0.4 is 10.6 Å². The van der Waals surface area contributed by atoms with Crippen LogP contribution in [-0.2, 0) is 19.6 Å². The molecule has 1 unspecified atom stereocenters. The SMILES string of the molecule is Cc1ccc(NC(=O)C(=O)NCCC2CCCCN2S(=O)(=O)c2ccc(F)cc2C)cc1. The summed E-state index contributed by atoms with van der Waals surface area (Å²) in [5, 5.41) is 5.10. The van der Waals surface area contributed by atoms with E-state index in [2.05, 4.69) is 10.6 Å². The molecule has 2 N–H and O–H groups in total. The third-order valence-electron chi connectivity index (χ3n) is 5.58. The van der Waals surface area contributed by atoms with Gasteiger partial charge in [0, 0.05) is 24.8 Å². The van der Waals surface area contributed by atoms with Crippen molar-refractivity contribution in [3.8, 4) is 0 Å². The zero-order chi connectivity index (χ0) is 23.3. The van der Waals surface area contributed by atoms with Crippen LogP contribution in [0.5, 0.6) is 0 Å². The maximum absolute atomic E-state index is 13.4. The highest BCUT2D eigenvalue weighted by molar-refractivity contribution is 7.89. The predicted molar refractivity (Wildman–Crippen MR) is 120 cm³/mol. The van der Waals surface area contributed by atoms with E-state index in [9.17, 15) is 22.4 Å². The van der Waals surface area contributed by atoms with Gasteiger partial charge in [-0.3, -0.25) is 9.59 Å². The summed E-state index contributed by atoms with van der Waals surface area (Å²) in [5.41, 5.74) is 1.92. The lowest BCUT2D eigenvalue weighted by Crippen LogP contribution is -2.46. The molecule has 0 radical (unpaired) electrons. The van der Waals surface area contributed by atoms with Crippen LogP contribution in [0.1, 0.15) is 36.8 Å². The molecule has 1 saturated heterocycles. The number of benzene rings is 2. The second-order valence-electron chi connectivity index (χ2n) is 8.04. The molecule has 0 saturated carbocycles. The number of hydrogen-bond donors (Lipinski definition) is 2. The summed E-state index contributed by atoms with van der Waals surface area (Å²) in [5.74, 6) is -2.03. The van der Waals surface area contributed by atoms with Gasteiger partial charge < -0.3 is 10.6 Å². The normalized spacial score (nSPS) is 17.0. The Morgan fingerprint density at radius 3 is 2.47 bits per heavy atom. The summed E-state index contributed by atoms with van der Waals surface area (Å²) in [6, 6.07) is 10.4. The largest absolute Gasteiger partial charge is 0.348 e. The minimum Gasteiger partial charge on any atom is -0.348 e. The molecule has 0 aliphatic carbocycles. The second-order valence-corrected chi connectivity index (χ2v) is 9.90. The van der Waals surface area contributed by atoms with E-state index < -0.39 is 27.7 Å². The van der Waals surface area contributed by atoms with Crippen molar-refractivity contribution in [2.24, 2.45) is 0 Å². The molecule has 2 amide bonds. The molecule has 1 fully saturated rings. The summed E-state index contributed by atoms with van der Waals surface area (Å²) in [7, 11) is -3.80. The monoisotopic (exact) mass is 461 g/mol. The molecule has 7 nitrogen and oxygen atoms in total. The fraction of sp³-hybridized carbons (Fsp3) is 0.391. The Hall–Kier alpha value is -2.78. The van der Waals surface area contributed by atoms with E-state index in [1.165, 1.54) is 16.4 Å². The minimum absolute atomic E-state index is 0.0901. The lowest BCUT2D eigenvalue weighted by atomic mass is 10.0. The molecular formula is C23H28FN3O4S. The summed E-state index contributed by atoms with van der Waals surface area (Å²) in [6.45, 7) is 4.02. The van der Waals surface area contributed by atoms with Crippen molar-refractivity contribution in [2.45, 2.75) is 50.5 Å². The van der Waals surface area contributed by atoms with Gasteiger partial charge in [0.05, 0.1) is 4.90 Å². The number of nitrogens with one attached hydrogen (secondary N) is 2. The average molecular weight is 462 g/mol. The third-order valence-corrected chi connectivity index (χ3v) is 7.69. The number of piperidine rings is 1. The number of amides is 2. The van der Waals surface area contributed by atoms with Gasteiger partial charge in [-0.05, 0) is 69.0 Å². The van der Waals surface area contributed by atoms with Crippen LogP contribution in [0, 0.1) is 19.7 Å². The van der Waals surface area contributed by atoms with Crippen molar-refractivity contribution >= 4 is 27.5 Å². The number of anilines is 1. The molecular weight excluding hydrogens is 433 g/mol. The molecule has 2 aromatic carbocycles. The summed E-state index contributed by atoms with van der Waals surface area (Å²) in [4.78, 5) is 24.3. The van der Waals surface area contributed by atoms with Crippen LogP contribution in [0.15, 0.2) is 47.4 Å². The maximum atomic E-state index is 13.4. The Kier molecular flexibility index (Phi) is 7.63. The van der Waals surface area contributed by atoms with Crippen molar-refractivity contribution in [2.75, 3.05) is 18.4 Å². The minimum atomic E-state index is -3.80. The van der Waals surface area contributed by atoms with Crippen molar-refractivity contribution in [3.63, 3.8) is 0 Å². The lowest BCUT2D eigenvalue weighted by molar-refractivity contribution is -0.136. The van der Waals surface area contributed by atoms with Crippen LogP contribution in [0.2, 0.25) is 0 Å². The molecule has 0 spiro atoms. The van der Waals surface area contributed by atoms with Crippen molar-refractivity contribution in [1.29, 1.82) is 0 Å². The Bertz CT molecular complexity index is 1090. The molecule has 1 aliphatic heterocycles. The highest BCUT2D eigenvalue weighted by Gasteiger charge is 2.34. The van der Waals surface area contributed by atoms with E-state index in [0.717, 1.165) is 24.5 Å². The summed E-state index contributed by atoms with van der Waals surface area (Å²) >= 11 is 0. The standard InChI is InChI=1S/C23H28FN3O4S/c1-16-6-9-19(10-7-16)26-23(29)22(28)25-13-12-20-5-3-4-14-27(20)32(30,31)21-11-8-18(24)15-17(21)2/h6-11,15,20H,3-5,12-14H2,1-2H3,(H,25,28)(H,26,29). The Labute approximate surface area is 188 Å². The number of carbonyl (C=O) groups is 2. The van der Waals surface area contributed by atoms with Crippen molar-refractivity contribution < 1.29 is 22.4 Å². The number of carbonyl (C=O) groups excluding carboxylic acids is 2. The highest BCUT2D eigenvalue weighted by Crippen LogP contribution is 2.28. The third kappa shape index (κ3) is 5.72. The number of rotatable bonds is 6. The fourth-order valence-electron chi connectivity index (χ4n) is 3.86. The lowest BCUT2D eigenvalue weighted by Gasteiger charge is -2.35. The smallest absolute Gasteiger partial charge is 0.313 e. The molecule has 32 heavy (non-hydrogen) atoms. The van der Waals surface area contributed by atoms with E-state index >= 15 is 0 Å². The molecule has 9 heteroatoms. The van der Waals surface area contributed by atoms with E-state index in [1.807, 2.05) is 19.1 Å². The number of nitrogens with zero attached hydrogens (tertiary/aromatic N) is 1. The number of hydrogen-bond acceptors (Lipinski definition) is 4. The zero-order valence-corrected chi connectivity index (χ0v) is 19.0. The van der Waals surface area contributed by atoms with Gasteiger partial charge in [-0.2, -0.15) is 4.31 Å². The van der Waals surface area contributed by atoms with E-state index in [1.54, 1.807) is 19.1 Å². The van der Waals surface area contributed by atoms with Gasteiger partial charge in [-0.15, -0.1) is 0 Å². The van der Waals surface area contributed by atoms with Crippen LogP contribution >= 0.6 is 0 Å². The first kappa shape index (κ1) is 23.9. The molecule has 172 valence electrons. The van der Waals surface area contributed by atoms with Gasteiger partial charge >= 0.3 is 11.8 Å². The highest BCUT2D eigenvalue weighted by atomic mass is 32.2. The fourth-order valence-corrected chi connectivity index (χ4v) is 5.80. The Morgan fingerprint density at radius 2 is 1.78 bits per heavy atom. The van der Waals surface area contributed by atoms with Gasteiger partial charge in [0.1, 0.15) is 5.82 Å². The first-order chi connectivity index (χ1) is 15.2. The molecule has 1 heterocycles. The van der Waals surface area contributed by atoms with Crippen LogP contribution in [0.3, 0.4) is 0 Å². The summed E-state index contributed by atoms with van der Waals surface area (Å²) < 4.78 is 41.3. The molecule has 1 atom stereocenters. The van der Waals surface area contributed by atoms with Gasteiger partial charge in [0.2, 0.25) is 10.0 Å². The predicted octanol–water partition coefficient (Wildman–Crippen LogP) is 3.13. The average Bonchev–Trinajstić information content (AvgIpc) is 2.75. The second kappa shape index (κ2) is 10.2. The molecule has 0 aromatic heterocycles. The number of aryl methyl sites for hydroxylation is 2. The van der Waals surface area contributed by atoms with Gasteiger partial charge in [-0.25, -0.2) is 12.8 Å². The topological polar surface area (TPSA) is 95.6 Å². The number of sulfonamides is 1. The van der Waals surface area contributed by atoms with Crippen molar-refractivity contribution in [1.82, 2.24) is 9.62 Å². The first-order valence-corrected chi connectivity index (χ1v) is 12.1. The summed E-state index contributed by atoms with van der Waals surface area (Å²) in [6.07, 6.45) is 2.65. The van der Waals surface area contributed by atoms with E-state index in [4.69, 9.17) is 0 Å². The van der Waals surface area contributed by atoms with E-state index in [-0.39, 0.29) is 17.5 Å². The Morgan fingerprint density at radius 1 is 1.06 bits per heavy atom. The molecule has 1 aliphatic rings. The quantitative estimate of drug-likeness (QED) is 0.646. The zero-order valence-electron chi connectivity index (χ0n) is 18.2. The van der Waals surface area contributed by atoms with Gasteiger partial charge in [-0.1, -0.05) is 24.1 Å². The first-order valence-electron chi connectivity index (χ1n) is 10.6. The van der Waals surface area contributed by atoms with Crippen LogP contribution in [-0.4, -0.2) is 43.7 Å². The van der Waals surface area contributed by atoms with Crippen LogP contribution in [0.25, 0.3) is 0 Å². The number of halogens is 1. The van der Waals surface area contributed by atoms with Gasteiger partial charge in [0.15, 0.2) is 0 Å². The van der Waals surface area contributed by atoms with Gasteiger partial charge in [0.25, 0.3) is 0 Å². The molecule has 2 aromatic rings. The van der Waals surface area contributed by atoms with Crippen molar-refractivity contribution in [3.05, 3.63) is 59.4 Å². The van der Waals surface area contributed by atoms with E-state index in [0.29, 0.717) is 30.6 Å². The maximum Gasteiger partial charge on any atom is 0.313 e. The van der Waals surface area contributed by atoms with Crippen LogP contribution in [0.4, 0.5) is 10.1 Å². The molecule has 3 rings (SSSR count). The Balaban J connectivity index is 1.60.